The normalized spacial score (nSPS) is 14.4. The predicted octanol–water partition coefficient (Wildman–Crippen LogP) is 5.42. The molecule has 0 unspecified atom stereocenters. The monoisotopic (exact) mass is 480 g/mol. The van der Waals surface area contributed by atoms with Crippen LogP contribution in [0.2, 0.25) is 0 Å². The first-order chi connectivity index (χ1) is 16.8. The average molecular weight is 480 g/mol. The van der Waals surface area contributed by atoms with E-state index in [-0.39, 0.29) is 11.4 Å². The van der Waals surface area contributed by atoms with Gasteiger partial charge >= 0.3 is 6.18 Å². The van der Waals surface area contributed by atoms with Crippen molar-refractivity contribution >= 4 is 22.6 Å². The fourth-order valence-corrected chi connectivity index (χ4v) is 4.24. The summed E-state index contributed by atoms with van der Waals surface area (Å²) in [5.74, 6) is -0.0845. The molecule has 0 saturated carbocycles. The van der Waals surface area contributed by atoms with Crippen molar-refractivity contribution in [2.45, 2.75) is 6.18 Å². The summed E-state index contributed by atoms with van der Waals surface area (Å²) >= 11 is 0. The minimum atomic E-state index is -4.57. The quantitative estimate of drug-likeness (QED) is 0.368. The Morgan fingerprint density at radius 1 is 0.857 bits per heavy atom. The van der Waals surface area contributed by atoms with Crippen molar-refractivity contribution in [3.05, 3.63) is 90.0 Å². The van der Waals surface area contributed by atoms with Crippen molar-refractivity contribution in [1.82, 2.24) is 14.9 Å². The number of carbonyl (C=O) groups is 1. The van der Waals surface area contributed by atoms with Gasteiger partial charge in [0.15, 0.2) is 0 Å². The van der Waals surface area contributed by atoms with Crippen molar-refractivity contribution in [3.8, 4) is 11.1 Å². The number of amides is 1. The number of fused-ring (bicyclic) bond motifs is 1. The second-order valence-electron chi connectivity index (χ2n) is 8.24. The molecule has 0 spiro atoms. The van der Waals surface area contributed by atoms with E-state index < -0.39 is 17.7 Å². The van der Waals surface area contributed by atoms with E-state index in [1.54, 1.807) is 35.4 Å². The van der Waals surface area contributed by atoms with Crippen molar-refractivity contribution in [3.63, 3.8) is 0 Å². The lowest BCUT2D eigenvalue weighted by Gasteiger charge is -2.36. The van der Waals surface area contributed by atoms with E-state index in [1.165, 1.54) is 30.3 Å². The lowest BCUT2D eigenvalue weighted by atomic mass is 10.0. The van der Waals surface area contributed by atoms with Gasteiger partial charge in [-0.3, -0.25) is 4.79 Å². The van der Waals surface area contributed by atoms with Crippen molar-refractivity contribution < 1.29 is 22.4 Å². The van der Waals surface area contributed by atoms with Crippen LogP contribution in [0.1, 0.15) is 16.1 Å². The summed E-state index contributed by atoms with van der Waals surface area (Å²) in [5, 5.41) is 0.512. The van der Waals surface area contributed by atoms with Gasteiger partial charge in [0.2, 0.25) is 0 Å². The van der Waals surface area contributed by atoms with Crippen molar-refractivity contribution in [2.75, 3.05) is 31.1 Å². The molecular weight excluding hydrogens is 460 g/mol. The lowest BCUT2D eigenvalue weighted by molar-refractivity contribution is -0.140. The zero-order chi connectivity index (χ0) is 24.6. The fourth-order valence-electron chi connectivity index (χ4n) is 4.24. The number of benzene rings is 2. The molecule has 0 N–H and O–H groups in total. The van der Waals surface area contributed by atoms with E-state index in [4.69, 9.17) is 0 Å². The Bertz CT molecular complexity index is 1370. The summed E-state index contributed by atoms with van der Waals surface area (Å²) in [4.78, 5) is 24.9. The molecule has 0 aliphatic carbocycles. The van der Waals surface area contributed by atoms with Gasteiger partial charge in [-0.25, -0.2) is 14.4 Å². The van der Waals surface area contributed by atoms with Gasteiger partial charge in [-0.1, -0.05) is 30.3 Å². The molecule has 2 aromatic carbocycles. The molecule has 178 valence electrons. The van der Waals surface area contributed by atoms with E-state index >= 15 is 0 Å². The van der Waals surface area contributed by atoms with E-state index in [1.807, 2.05) is 11.0 Å². The highest BCUT2D eigenvalue weighted by Gasteiger charge is 2.33. The smallest absolute Gasteiger partial charge is 0.353 e. The number of alkyl halides is 3. The average Bonchev–Trinajstić information content (AvgIpc) is 2.88. The second kappa shape index (κ2) is 8.98. The maximum absolute atomic E-state index is 13.4. The zero-order valence-electron chi connectivity index (χ0n) is 18.5. The molecule has 4 aromatic rings. The molecule has 1 aliphatic heterocycles. The molecule has 0 radical (unpaired) electrons. The Morgan fingerprint density at radius 3 is 2.20 bits per heavy atom. The van der Waals surface area contributed by atoms with E-state index in [0.717, 1.165) is 11.6 Å². The van der Waals surface area contributed by atoms with Gasteiger partial charge in [-0.05, 0) is 42.0 Å². The second-order valence-corrected chi connectivity index (χ2v) is 8.24. The summed E-state index contributed by atoms with van der Waals surface area (Å²) in [5.41, 5.74) is 0.896. The van der Waals surface area contributed by atoms with Crippen LogP contribution in [0.25, 0.3) is 22.0 Å². The van der Waals surface area contributed by atoms with Crippen LogP contribution >= 0.6 is 0 Å². The van der Waals surface area contributed by atoms with Gasteiger partial charge in [-0.15, -0.1) is 0 Å². The van der Waals surface area contributed by atoms with Crippen LogP contribution in [0.3, 0.4) is 0 Å². The Balaban J connectivity index is 1.46. The van der Waals surface area contributed by atoms with Crippen molar-refractivity contribution in [2.24, 2.45) is 0 Å². The number of hydrogen-bond donors (Lipinski definition) is 0. The number of aromatic nitrogens is 2. The highest BCUT2D eigenvalue weighted by atomic mass is 19.4. The largest absolute Gasteiger partial charge is 0.433 e. The van der Waals surface area contributed by atoms with Gasteiger partial charge < -0.3 is 9.80 Å². The SMILES string of the molecule is O=C(c1ccc(F)cc1)N1CCN(c2ncc(-c3ccccc3)c3nc(C(F)(F)F)ccc23)CC1. The van der Waals surface area contributed by atoms with E-state index in [2.05, 4.69) is 9.97 Å². The molecule has 0 bridgehead atoms. The molecule has 1 amide bonds. The number of piperazine rings is 1. The summed E-state index contributed by atoms with van der Waals surface area (Å²) in [6.45, 7) is 1.68. The first-order valence-electron chi connectivity index (χ1n) is 11.0. The maximum Gasteiger partial charge on any atom is 0.433 e. The number of pyridine rings is 2. The molecule has 1 aliphatic rings. The zero-order valence-corrected chi connectivity index (χ0v) is 18.5. The molecule has 1 saturated heterocycles. The summed E-state index contributed by atoms with van der Waals surface area (Å²) in [7, 11) is 0. The molecule has 5 nitrogen and oxygen atoms in total. The first-order valence-corrected chi connectivity index (χ1v) is 11.0. The number of halogens is 4. The van der Waals surface area contributed by atoms with Gasteiger partial charge in [0.05, 0.1) is 5.52 Å². The topological polar surface area (TPSA) is 49.3 Å². The van der Waals surface area contributed by atoms with Crippen LogP contribution in [-0.2, 0) is 6.18 Å². The summed E-state index contributed by atoms with van der Waals surface area (Å²) < 4.78 is 53.5. The lowest BCUT2D eigenvalue weighted by Crippen LogP contribution is -2.49. The summed E-state index contributed by atoms with van der Waals surface area (Å²) in [6.07, 6.45) is -3.02. The Kier molecular flexibility index (Phi) is 5.84. The Hall–Kier alpha value is -4.01. The van der Waals surface area contributed by atoms with Crippen LogP contribution in [0, 0.1) is 5.82 Å². The molecule has 2 aromatic heterocycles. The molecule has 1 fully saturated rings. The molecule has 0 atom stereocenters. The van der Waals surface area contributed by atoms with Gasteiger partial charge in [0.1, 0.15) is 17.3 Å². The predicted molar refractivity (Wildman–Crippen MR) is 124 cm³/mol. The van der Waals surface area contributed by atoms with Gasteiger partial charge in [0.25, 0.3) is 5.91 Å². The number of carbonyl (C=O) groups excluding carboxylic acids is 1. The number of anilines is 1. The highest BCUT2D eigenvalue weighted by molar-refractivity contribution is 5.99. The van der Waals surface area contributed by atoms with Crippen LogP contribution in [0.5, 0.6) is 0 Å². The fraction of sp³-hybridized carbons (Fsp3) is 0.192. The number of hydrogen-bond acceptors (Lipinski definition) is 4. The third kappa shape index (κ3) is 4.53. The van der Waals surface area contributed by atoms with Crippen molar-refractivity contribution in [1.29, 1.82) is 0 Å². The highest BCUT2D eigenvalue weighted by Crippen LogP contribution is 2.36. The molecule has 3 heterocycles. The van der Waals surface area contributed by atoms with Gasteiger partial charge in [0, 0.05) is 48.9 Å². The first kappa shape index (κ1) is 22.8. The van der Waals surface area contributed by atoms with E-state index in [9.17, 15) is 22.4 Å². The number of nitrogens with zero attached hydrogens (tertiary/aromatic N) is 4. The number of rotatable bonds is 3. The molecule has 35 heavy (non-hydrogen) atoms. The minimum Gasteiger partial charge on any atom is -0.353 e. The van der Waals surface area contributed by atoms with Crippen LogP contribution in [-0.4, -0.2) is 47.0 Å². The third-order valence-corrected chi connectivity index (χ3v) is 6.04. The molecular formula is C26H20F4N4O. The molecule has 9 heteroatoms. The molecule has 5 rings (SSSR count). The van der Waals surface area contributed by atoms with E-state index in [0.29, 0.717) is 48.5 Å². The standard InChI is InChI=1S/C26H20F4N4O/c27-19-8-6-18(7-9-19)25(35)34-14-12-33(13-15-34)24-20-10-11-22(26(28,29)30)32-23(20)21(16-31-24)17-4-2-1-3-5-17/h1-11,16H,12-15H2. The maximum atomic E-state index is 13.4. The Morgan fingerprint density at radius 2 is 1.54 bits per heavy atom. The summed E-state index contributed by atoms with van der Waals surface area (Å²) in [6, 6.07) is 16.8. The van der Waals surface area contributed by atoms with Gasteiger partial charge in [-0.2, -0.15) is 13.2 Å². The van der Waals surface area contributed by atoms with Crippen LogP contribution < -0.4 is 4.90 Å². The van der Waals surface area contributed by atoms with Crippen LogP contribution in [0.4, 0.5) is 23.4 Å². The van der Waals surface area contributed by atoms with Crippen LogP contribution in [0.15, 0.2) is 72.9 Å². The third-order valence-electron chi connectivity index (χ3n) is 6.04. The Labute approximate surface area is 198 Å². The minimum absolute atomic E-state index is 0.196.